The van der Waals surface area contributed by atoms with E-state index in [1.807, 2.05) is 0 Å². The molecule has 0 radical (unpaired) electrons. The monoisotopic (exact) mass is 236 g/mol. The van der Waals surface area contributed by atoms with Crippen LogP contribution in [0, 0.1) is 5.92 Å². The van der Waals surface area contributed by atoms with Crippen LogP contribution < -0.4 is 0 Å². The molecule has 1 nitrogen and oxygen atoms in total. The summed E-state index contributed by atoms with van der Waals surface area (Å²) in [5.41, 5.74) is 0.835. The zero-order chi connectivity index (χ0) is 12.1. The van der Waals surface area contributed by atoms with E-state index in [2.05, 4.69) is 13.0 Å². The molecule has 98 valence electrons. The topological polar surface area (TPSA) is 20.2 Å². The van der Waals surface area contributed by atoms with Crippen molar-refractivity contribution < 1.29 is 5.11 Å². The molecular formula is C16H28O. The molecule has 0 aromatic carbocycles. The van der Waals surface area contributed by atoms with Crippen molar-refractivity contribution in [2.45, 2.75) is 83.2 Å². The number of aliphatic hydroxyl groups is 1. The molecule has 0 saturated heterocycles. The number of hydrogen-bond acceptors (Lipinski definition) is 1. The van der Waals surface area contributed by atoms with Crippen molar-refractivity contribution in [1.82, 2.24) is 0 Å². The van der Waals surface area contributed by atoms with Crippen LogP contribution in [0.1, 0.15) is 77.6 Å². The highest BCUT2D eigenvalue weighted by Gasteiger charge is 2.35. The van der Waals surface area contributed by atoms with Crippen molar-refractivity contribution in [3.63, 3.8) is 0 Å². The van der Waals surface area contributed by atoms with E-state index in [9.17, 15) is 5.11 Å². The SMILES string of the molecule is CC(O)(C1=CCCCCCC1)C1CCCCC1. The molecule has 0 spiro atoms. The van der Waals surface area contributed by atoms with E-state index in [4.69, 9.17) is 0 Å². The van der Waals surface area contributed by atoms with Gasteiger partial charge in [0.25, 0.3) is 0 Å². The third-order valence-electron chi connectivity index (χ3n) is 4.84. The van der Waals surface area contributed by atoms with Crippen LogP contribution in [-0.2, 0) is 0 Å². The van der Waals surface area contributed by atoms with Gasteiger partial charge in [-0.3, -0.25) is 0 Å². The van der Waals surface area contributed by atoms with Gasteiger partial charge in [0.15, 0.2) is 0 Å². The quantitative estimate of drug-likeness (QED) is 0.695. The van der Waals surface area contributed by atoms with E-state index < -0.39 is 5.60 Å². The summed E-state index contributed by atoms with van der Waals surface area (Å²) < 4.78 is 0. The number of hydrogen-bond donors (Lipinski definition) is 1. The molecule has 17 heavy (non-hydrogen) atoms. The van der Waals surface area contributed by atoms with Crippen molar-refractivity contribution in [1.29, 1.82) is 0 Å². The van der Waals surface area contributed by atoms with Gasteiger partial charge >= 0.3 is 0 Å². The molecule has 1 N–H and O–H groups in total. The molecule has 2 rings (SSSR count). The first-order valence-corrected chi connectivity index (χ1v) is 7.63. The molecule has 0 heterocycles. The molecule has 2 aliphatic rings. The Morgan fingerprint density at radius 1 is 1.00 bits per heavy atom. The highest BCUT2D eigenvalue weighted by atomic mass is 16.3. The zero-order valence-corrected chi connectivity index (χ0v) is 11.4. The van der Waals surface area contributed by atoms with E-state index >= 15 is 0 Å². The fourth-order valence-corrected chi connectivity index (χ4v) is 3.58. The lowest BCUT2D eigenvalue weighted by atomic mass is 9.72. The molecule has 0 aliphatic heterocycles. The molecule has 0 amide bonds. The van der Waals surface area contributed by atoms with E-state index in [1.165, 1.54) is 69.8 Å². The van der Waals surface area contributed by atoms with E-state index in [-0.39, 0.29) is 0 Å². The Hall–Kier alpha value is -0.300. The fraction of sp³-hybridized carbons (Fsp3) is 0.875. The van der Waals surface area contributed by atoms with Gasteiger partial charge in [-0.05, 0) is 56.9 Å². The Balaban J connectivity index is 2.05. The van der Waals surface area contributed by atoms with Gasteiger partial charge < -0.3 is 5.11 Å². The second-order valence-electron chi connectivity index (χ2n) is 6.16. The first kappa shape index (κ1) is 13.1. The molecule has 0 aromatic heterocycles. The minimum Gasteiger partial charge on any atom is -0.386 e. The molecule has 1 unspecified atom stereocenters. The van der Waals surface area contributed by atoms with E-state index in [0.29, 0.717) is 5.92 Å². The maximum Gasteiger partial charge on any atom is 0.0856 e. The molecule has 1 saturated carbocycles. The zero-order valence-electron chi connectivity index (χ0n) is 11.4. The average Bonchev–Trinajstić information content (AvgIpc) is 2.29. The molecule has 1 atom stereocenters. The normalized spacial score (nSPS) is 27.8. The second-order valence-corrected chi connectivity index (χ2v) is 6.16. The van der Waals surface area contributed by atoms with Gasteiger partial charge in [-0.2, -0.15) is 0 Å². The summed E-state index contributed by atoms with van der Waals surface area (Å²) in [6, 6.07) is 0. The molecule has 2 aliphatic carbocycles. The second kappa shape index (κ2) is 6.04. The van der Waals surface area contributed by atoms with Gasteiger partial charge in [0.1, 0.15) is 0 Å². The summed E-state index contributed by atoms with van der Waals surface area (Å²) in [7, 11) is 0. The summed E-state index contributed by atoms with van der Waals surface area (Å²) >= 11 is 0. The van der Waals surface area contributed by atoms with Crippen LogP contribution in [0.5, 0.6) is 0 Å². The van der Waals surface area contributed by atoms with Gasteiger partial charge in [-0.1, -0.05) is 38.2 Å². The third kappa shape index (κ3) is 3.34. The van der Waals surface area contributed by atoms with E-state index in [1.54, 1.807) is 0 Å². The van der Waals surface area contributed by atoms with Crippen molar-refractivity contribution in [2.24, 2.45) is 5.92 Å². The van der Waals surface area contributed by atoms with Gasteiger partial charge in [0, 0.05) is 0 Å². The molecular weight excluding hydrogens is 208 g/mol. The van der Waals surface area contributed by atoms with E-state index in [0.717, 1.165) is 6.42 Å². The summed E-state index contributed by atoms with van der Waals surface area (Å²) in [4.78, 5) is 0. The lowest BCUT2D eigenvalue weighted by Gasteiger charge is -2.38. The number of rotatable bonds is 2. The van der Waals surface area contributed by atoms with Crippen LogP contribution >= 0.6 is 0 Å². The molecule has 0 aromatic rings. The minimum atomic E-state index is -0.516. The largest absolute Gasteiger partial charge is 0.386 e. The lowest BCUT2D eigenvalue weighted by molar-refractivity contribution is 0.0134. The van der Waals surface area contributed by atoms with Crippen molar-refractivity contribution >= 4 is 0 Å². The Labute approximate surface area is 106 Å². The lowest BCUT2D eigenvalue weighted by Crippen LogP contribution is -2.38. The van der Waals surface area contributed by atoms with Crippen LogP contribution in [0.2, 0.25) is 0 Å². The smallest absolute Gasteiger partial charge is 0.0856 e. The van der Waals surface area contributed by atoms with Crippen LogP contribution in [0.3, 0.4) is 0 Å². The Morgan fingerprint density at radius 3 is 2.41 bits per heavy atom. The summed E-state index contributed by atoms with van der Waals surface area (Å²) in [5.74, 6) is 0.516. The van der Waals surface area contributed by atoms with Gasteiger partial charge in [-0.15, -0.1) is 0 Å². The summed E-state index contributed by atoms with van der Waals surface area (Å²) in [6.07, 6.45) is 16.4. The Morgan fingerprint density at radius 2 is 1.65 bits per heavy atom. The average molecular weight is 236 g/mol. The van der Waals surface area contributed by atoms with Gasteiger partial charge in [0.2, 0.25) is 0 Å². The summed E-state index contributed by atoms with van der Waals surface area (Å²) in [5, 5.41) is 10.9. The van der Waals surface area contributed by atoms with Gasteiger partial charge in [0.05, 0.1) is 5.60 Å². The Bertz CT molecular complexity index is 259. The highest BCUT2D eigenvalue weighted by Crippen LogP contribution is 2.39. The first-order chi connectivity index (χ1) is 8.21. The van der Waals surface area contributed by atoms with Crippen LogP contribution in [0.25, 0.3) is 0 Å². The molecule has 1 heteroatoms. The van der Waals surface area contributed by atoms with Crippen LogP contribution in [0.4, 0.5) is 0 Å². The van der Waals surface area contributed by atoms with Crippen LogP contribution in [0.15, 0.2) is 11.6 Å². The predicted octanol–water partition coefficient (Wildman–Crippen LogP) is 4.60. The maximum absolute atomic E-state index is 10.9. The van der Waals surface area contributed by atoms with Crippen molar-refractivity contribution in [3.05, 3.63) is 11.6 Å². The van der Waals surface area contributed by atoms with Crippen LogP contribution in [-0.4, -0.2) is 10.7 Å². The van der Waals surface area contributed by atoms with Crippen molar-refractivity contribution in [3.8, 4) is 0 Å². The summed E-state index contributed by atoms with van der Waals surface area (Å²) in [6.45, 7) is 2.08. The van der Waals surface area contributed by atoms with Gasteiger partial charge in [-0.25, -0.2) is 0 Å². The van der Waals surface area contributed by atoms with Crippen molar-refractivity contribution in [2.75, 3.05) is 0 Å². The standard InChI is InChI=1S/C16H28O/c1-16(17,15-12-8-5-9-13-15)14-10-6-3-2-4-7-11-14/h10,15,17H,2-9,11-13H2,1H3. The first-order valence-electron chi connectivity index (χ1n) is 7.63. The molecule has 0 bridgehead atoms. The minimum absolute atomic E-state index is 0.516. The maximum atomic E-state index is 10.9. The predicted molar refractivity (Wildman–Crippen MR) is 73.0 cm³/mol. The Kier molecular flexibility index (Phi) is 4.67. The molecule has 1 fully saturated rings. The third-order valence-corrected chi connectivity index (χ3v) is 4.84. The highest BCUT2D eigenvalue weighted by molar-refractivity contribution is 5.18. The number of allylic oxidation sites excluding steroid dienone is 1. The fourth-order valence-electron chi connectivity index (χ4n) is 3.58.